The van der Waals surface area contributed by atoms with Crippen LogP contribution in [0.15, 0.2) is 24.3 Å². The summed E-state index contributed by atoms with van der Waals surface area (Å²) in [5.41, 5.74) is 5.25. The number of carboxylic acids is 1. The van der Waals surface area contributed by atoms with Gasteiger partial charge in [-0.05, 0) is 6.07 Å². The molecule has 0 aliphatic heterocycles. The number of benzene rings is 1. The average Bonchev–Trinajstić information content (AvgIpc) is 2.25. The second kappa shape index (κ2) is 5.01. The third-order valence-electron chi connectivity index (χ3n) is 1.98. The second-order valence-electron chi connectivity index (χ2n) is 3.02. The molecule has 0 aromatic heterocycles. The molecule has 6 heteroatoms. The molecule has 0 spiro atoms. The molecule has 0 heterocycles. The summed E-state index contributed by atoms with van der Waals surface area (Å²) in [5, 5.41) is 11.1. The number of hydrogen-bond donors (Lipinski definition) is 3. The quantitative estimate of drug-likeness (QED) is 0.692. The Morgan fingerprint density at radius 1 is 1.44 bits per heavy atom. The van der Waals surface area contributed by atoms with Crippen molar-refractivity contribution in [2.45, 2.75) is 6.04 Å². The van der Waals surface area contributed by atoms with Gasteiger partial charge in [0.25, 0.3) is 0 Å². The van der Waals surface area contributed by atoms with Gasteiger partial charge in [-0.3, -0.25) is 0 Å². The monoisotopic (exact) mass is 224 g/mol. The number of nitrogens with one attached hydrogen (secondary N) is 1. The highest BCUT2D eigenvalue weighted by Crippen LogP contribution is 2.24. The van der Waals surface area contributed by atoms with Crippen LogP contribution in [0, 0.1) is 0 Å². The van der Waals surface area contributed by atoms with Crippen molar-refractivity contribution in [3.05, 3.63) is 29.8 Å². The van der Waals surface area contributed by atoms with Crippen LogP contribution in [0.25, 0.3) is 0 Å². The summed E-state index contributed by atoms with van der Waals surface area (Å²) >= 11 is 0. The lowest BCUT2D eigenvalue weighted by molar-refractivity contribution is -0.139. The minimum atomic E-state index is -1.21. The van der Waals surface area contributed by atoms with Gasteiger partial charge in [-0.1, -0.05) is 18.2 Å². The topological polar surface area (TPSA) is 102 Å². The number of aliphatic carboxylic acids is 1. The molecule has 1 aromatic carbocycles. The first kappa shape index (κ1) is 11.8. The predicted molar refractivity (Wildman–Crippen MR) is 56.1 cm³/mol. The van der Waals surface area contributed by atoms with Gasteiger partial charge in [-0.2, -0.15) is 0 Å². The van der Waals surface area contributed by atoms with Crippen LogP contribution in [-0.4, -0.2) is 24.2 Å². The lowest BCUT2D eigenvalue weighted by Crippen LogP contribution is -2.37. The Kier molecular flexibility index (Phi) is 3.71. The van der Waals surface area contributed by atoms with Gasteiger partial charge in [0.15, 0.2) is 6.04 Å². The molecule has 6 nitrogen and oxygen atoms in total. The van der Waals surface area contributed by atoms with E-state index in [1.54, 1.807) is 24.3 Å². The highest BCUT2D eigenvalue weighted by atomic mass is 16.5. The third kappa shape index (κ3) is 2.63. The minimum Gasteiger partial charge on any atom is -0.496 e. The summed E-state index contributed by atoms with van der Waals surface area (Å²) in [4.78, 5) is 21.7. The lowest BCUT2D eigenvalue weighted by Gasteiger charge is -2.16. The van der Waals surface area contributed by atoms with E-state index in [4.69, 9.17) is 15.6 Å². The van der Waals surface area contributed by atoms with E-state index >= 15 is 0 Å². The van der Waals surface area contributed by atoms with E-state index in [0.717, 1.165) is 0 Å². The highest BCUT2D eigenvalue weighted by Gasteiger charge is 2.23. The number of rotatable bonds is 4. The predicted octanol–water partition coefficient (Wildman–Crippen LogP) is 0.489. The van der Waals surface area contributed by atoms with Gasteiger partial charge in [-0.25, -0.2) is 9.59 Å². The summed E-state index contributed by atoms with van der Waals surface area (Å²) in [5.74, 6) is -0.827. The van der Waals surface area contributed by atoms with Crippen molar-refractivity contribution in [2.75, 3.05) is 7.11 Å². The van der Waals surface area contributed by atoms with Crippen LogP contribution in [0.1, 0.15) is 11.6 Å². The molecule has 0 saturated carbocycles. The van der Waals surface area contributed by atoms with Gasteiger partial charge < -0.3 is 20.9 Å². The second-order valence-corrected chi connectivity index (χ2v) is 3.02. The lowest BCUT2D eigenvalue weighted by atomic mass is 10.1. The number of amides is 2. The largest absolute Gasteiger partial charge is 0.496 e. The maximum Gasteiger partial charge on any atom is 0.331 e. The van der Waals surface area contributed by atoms with E-state index in [0.29, 0.717) is 11.3 Å². The number of nitrogens with two attached hydrogens (primary N) is 1. The molecule has 4 N–H and O–H groups in total. The molecule has 0 fully saturated rings. The zero-order valence-corrected chi connectivity index (χ0v) is 8.64. The molecule has 1 unspecified atom stereocenters. The minimum absolute atomic E-state index is 0.344. The Balaban J connectivity index is 3.10. The molecular formula is C10H12N2O4. The molecule has 0 saturated heterocycles. The van der Waals surface area contributed by atoms with Crippen molar-refractivity contribution < 1.29 is 19.4 Å². The van der Waals surface area contributed by atoms with E-state index in [-0.39, 0.29) is 0 Å². The fraction of sp³-hybridized carbons (Fsp3) is 0.200. The number of para-hydroxylation sites is 1. The Morgan fingerprint density at radius 3 is 2.56 bits per heavy atom. The normalized spacial score (nSPS) is 11.6. The van der Waals surface area contributed by atoms with Crippen LogP contribution in [0.4, 0.5) is 4.79 Å². The molecule has 16 heavy (non-hydrogen) atoms. The Labute approximate surface area is 92.0 Å². The number of urea groups is 1. The fourth-order valence-corrected chi connectivity index (χ4v) is 1.32. The molecule has 86 valence electrons. The van der Waals surface area contributed by atoms with Gasteiger partial charge in [0.2, 0.25) is 0 Å². The van der Waals surface area contributed by atoms with Crippen LogP contribution in [0.3, 0.4) is 0 Å². The number of ether oxygens (including phenoxy) is 1. The number of carboxylic acid groups (broad SMARTS) is 1. The first-order chi connectivity index (χ1) is 7.56. The average molecular weight is 224 g/mol. The maximum atomic E-state index is 11.0. The third-order valence-corrected chi connectivity index (χ3v) is 1.98. The summed E-state index contributed by atoms with van der Waals surface area (Å²) in [7, 11) is 1.42. The van der Waals surface area contributed by atoms with Crippen LogP contribution >= 0.6 is 0 Å². The van der Waals surface area contributed by atoms with Gasteiger partial charge in [0.1, 0.15) is 5.75 Å². The van der Waals surface area contributed by atoms with Crippen LogP contribution in [0.2, 0.25) is 0 Å². The first-order valence-corrected chi connectivity index (χ1v) is 4.48. The summed E-state index contributed by atoms with van der Waals surface area (Å²) in [6.07, 6.45) is 0. The summed E-state index contributed by atoms with van der Waals surface area (Å²) in [6, 6.07) is 4.38. The number of primary amides is 1. The van der Waals surface area contributed by atoms with E-state index in [2.05, 4.69) is 5.32 Å². The van der Waals surface area contributed by atoms with Crippen molar-refractivity contribution in [2.24, 2.45) is 5.73 Å². The van der Waals surface area contributed by atoms with Crippen LogP contribution < -0.4 is 15.8 Å². The number of methoxy groups -OCH3 is 1. The molecule has 2 amide bonds. The van der Waals surface area contributed by atoms with Crippen molar-refractivity contribution in [1.29, 1.82) is 0 Å². The number of carbonyl (C=O) groups is 2. The highest BCUT2D eigenvalue weighted by molar-refractivity contribution is 5.83. The molecule has 1 rings (SSSR count). The first-order valence-electron chi connectivity index (χ1n) is 4.48. The standard InChI is InChI=1S/C10H12N2O4/c1-16-7-5-3-2-4-6(7)8(9(13)14)12-10(11)15/h2-5,8H,1H3,(H,13,14)(H3,11,12,15). The fourth-order valence-electron chi connectivity index (χ4n) is 1.32. The molecule has 0 aliphatic rings. The van der Waals surface area contributed by atoms with Crippen molar-refractivity contribution >= 4 is 12.0 Å². The molecule has 1 atom stereocenters. The molecule has 0 bridgehead atoms. The number of carbonyl (C=O) groups excluding carboxylic acids is 1. The van der Waals surface area contributed by atoms with Gasteiger partial charge in [-0.15, -0.1) is 0 Å². The maximum absolute atomic E-state index is 11.0. The molecule has 0 aliphatic carbocycles. The zero-order chi connectivity index (χ0) is 12.1. The van der Waals surface area contributed by atoms with E-state index in [1.165, 1.54) is 7.11 Å². The number of hydrogen-bond acceptors (Lipinski definition) is 3. The summed E-state index contributed by atoms with van der Waals surface area (Å²) < 4.78 is 5.00. The molecule has 1 aromatic rings. The Morgan fingerprint density at radius 2 is 2.06 bits per heavy atom. The molecule has 0 radical (unpaired) electrons. The van der Waals surface area contributed by atoms with E-state index < -0.39 is 18.0 Å². The van der Waals surface area contributed by atoms with Crippen LogP contribution in [0.5, 0.6) is 5.75 Å². The van der Waals surface area contributed by atoms with Gasteiger partial charge in [0.05, 0.1) is 7.11 Å². The molecular weight excluding hydrogens is 212 g/mol. The smallest absolute Gasteiger partial charge is 0.331 e. The van der Waals surface area contributed by atoms with Crippen molar-refractivity contribution in [1.82, 2.24) is 5.32 Å². The van der Waals surface area contributed by atoms with Crippen molar-refractivity contribution in [3.8, 4) is 5.75 Å². The zero-order valence-electron chi connectivity index (χ0n) is 8.64. The Bertz CT molecular complexity index is 406. The SMILES string of the molecule is COc1ccccc1C(NC(N)=O)C(=O)O. The van der Waals surface area contributed by atoms with E-state index in [9.17, 15) is 9.59 Å². The van der Waals surface area contributed by atoms with Crippen molar-refractivity contribution in [3.63, 3.8) is 0 Å². The Hall–Kier alpha value is -2.24. The summed E-state index contributed by atoms with van der Waals surface area (Å²) in [6.45, 7) is 0. The van der Waals surface area contributed by atoms with E-state index in [1.807, 2.05) is 0 Å². The van der Waals surface area contributed by atoms with Crippen LogP contribution in [-0.2, 0) is 4.79 Å². The van der Waals surface area contributed by atoms with Gasteiger partial charge >= 0.3 is 12.0 Å². The van der Waals surface area contributed by atoms with Gasteiger partial charge in [0, 0.05) is 5.56 Å².